The number of aryl methyl sites for hydroxylation is 1. The largest absolute Gasteiger partial charge is 0.506 e. The van der Waals surface area contributed by atoms with E-state index in [-0.39, 0.29) is 17.5 Å². The number of aromatic nitrogens is 1. The molecule has 186 valence electrons. The molecule has 1 aromatic carbocycles. The molecule has 5 N–H and O–H groups in total. The Labute approximate surface area is 200 Å². The van der Waals surface area contributed by atoms with Gasteiger partial charge in [0.1, 0.15) is 5.75 Å². The number of nitrogens with two attached hydrogens (primary N) is 1. The van der Waals surface area contributed by atoms with Crippen LogP contribution in [0.1, 0.15) is 115 Å². The van der Waals surface area contributed by atoms with E-state index in [1.807, 2.05) is 0 Å². The molecule has 0 amide bonds. The first-order valence-electron chi connectivity index (χ1n) is 13.3. The van der Waals surface area contributed by atoms with E-state index in [4.69, 9.17) is 5.73 Å². The zero-order valence-corrected chi connectivity index (χ0v) is 20.7. The second-order valence-electron chi connectivity index (χ2n) is 9.49. The van der Waals surface area contributed by atoms with Crippen molar-refractivity contribution in [3.8, 4) is 23.2 Å². The van der Waals surface area contributed by atoms with Gasteiger partial charge >= 0.3 is 0 Å². The Hall–Kier alpha value is -2.30. The molecule has 0 saturated carbocycles. The van der Waals surface area contributed by atoms with Crippen LogP contribution in [0.5, 0.6) is 17.5 Å². The molecule has 0 radical (unpaired) electrons. The average molecular weight is 459 g/mol. The maximum absolute atomic E-state index is 10.5. The molecule has 0 aliphatic rings. The first-order chi connectivity index (χ1) is 16.0. The number of phenolic OH excluding ortho intramolecular Hbond substituents is 1. The quantitative estimate of drug-likeness (QED) is 0.135. The Kier molecular flexibility index (Phi) is 12.7. The third-order valence-electron chi connectivity index (χ3n) is 6.57. The highest BCUT2D eigenvalue weighted by atomic mass is 16.3. The number of aromatic hydroxyl groups is 3. The summed E-state index contributed by atoms with van der Waals surface area (Å²) in [6.07, 6.45) is 21.9. The standard InChI is InChI=1S/C28H46N2O3/c1-2-3-4-5-6-7-8-9-10-11-12-13-14-15-16-17-18-23-21-27(32)30(28(23)33)25-20-19-24(29)22-26(25)31/h19-22,31-33H,2-18,29H2,1H3. The van der Waals surface area contributed by atoms with Gasteiger partial charge in [-0.05, 0) is 25.0 Å². The molecule has 1 heterocycles. The lowest BCUT2D eigenvalue weighted by atomic mass is 10.0. The van der Waals surface area contributed by atoms with Crippen LogP contribution in [0, 0.1) is 0 Å². The number of unbranched alkanes of at least 4 members (excludes halogenated alkanes) is 15. The normalized spacial score (nSPS) is 11.3. The summed E-state index contributed by atoms with van der Waals surface area (Å²) >= 11 is 0. The second kappa shape index (κ2) is 15.5. The minimum Gasteiger partial charge on any atom is -0.506 e. The van der Waals surface area contributed by atoms with Gasteiger partial charge in [0.2, 0.25) is 5.88 Å². The zero-order chi connectivity index (χ0) is 23.9. The molecule has 1 aromatic heterocycles. The van der Waals surface area contributed by atoms with Gasteiger partial charge in [-0.25, -0.2) is 4.57 Å². The summed E-state index contributed by atoms with van der Waals surface area (Å²) in [6, 6.07) is 6.20. The van der Waals surface area contributed by atoms with Crippen molar-refractivity contribution >= 4 is 5.69 Å². The van der Waals surface area contributed by atoms with Crippen molar-refractivity contribution < 1.29 is 15.3 Å². The van der Waals surface area contributed by atoms with Gasteiger partial charge in [0, 0.05) is 23.4 Å². The van der Waals surface area contributed by atoms with Crippen molar-refractivity contribution in [3.05, 3.63) is 29.8 Å². The van der Waals surface area contributed by atoms with Crippen LogP contribution in [0.15, 0.2) is 24.3 Å². The van der Waals surface area contributed by atoms with Gasteiger partial charge < -0.3 is 21.1 Å². The molecule has 0 aliphatic carbocycles. The van der Waals surface area contributed by atoms with E-state index in [2.05, 4.69) is 6.92 Å². The molecule has 0 unspecified atom stereocenters. The third-order valence-corrected chi connectivity index (χ3v) is 6.57. The van der Waals surface area contributed by atoms with E-state index in [0.29, 0.717) is 23.4 Å². The number of hydrogen-bond donors (Lipinski definition) is 4. The SMILES string of the molecule is CCCCCCCCCCCCCCCCCCc1cc(O)n(-c2ccc(N)cc2O)c1O. The summed E-state index contributed by atoms with van der Waals surface area (Å²) in [4.78, 5) is 0. The van der Waals surface area contributed by atoms with Gasteiger partial charge in [-0.15, -0.1) is 0 Å². The summed E-state index contributed by atoms with van der Waals surface area (Å²) in [6.45, 7) is 2.27. The van der Waals surface area contributed by atoms with Gasteiger partial charge in [0.25, 0.3) is 0 Å². The number of rotatable bonds is 18. The molecule has 33 heavy (non-hydrogen) atoms. The predicted octanol–water partition coefficient (Wildman–Crippen LogP) is 7.98. The Bertz CT molecular complexity index is 801. The fourth-order valence-electron chi connectivity index (χ4n) is 4.55. The van der Waals surface area contributed by atoms with Crippen molar-refractivity contribution in [2.24, 2.45) is 0 Å². The first-order valence-corrected chi connectivity index (χ1v) is 13.3. The molecule has 5 heteroatoms. The molecule has 2 rings (SSSR count). The molecule has 0 saturated heterocycles. The minimum absolute atomic E-state index is 0.0199. The van der Waals surface area contributed by atoms with Gasteiger partial charge in [0.05, 0.1) is 5.69 Å². The lowest BCUT2D eigenvalue weighted by molar-refractivity contribution is 0.394. The molecule has 5 nitrogen and oxygen atoms in total. The number of nitrogens with zero attached hydrogens (tertiary/aromatic N) is 1. The van der Waals surface area contributed by atoms with Crippen LogP contribution in [0.2, 0.25) is 0 Å². The van der Waals surface area contributed by atoms with Crippen LogP contribution >= 0.6 is 0 Å². The number of hydrogen-bond acceptors (Lipinski definition) is 4. The van der Waals surface area contributed by atoms with Crippen LogP contribution in [-0.2, 0) is 6.42 Å². The highest BCUT2D eigenvalue weighted by Gasteiger charge is 2.17. The van der Waals surface area contributed by atoms with E-state index in [0.717, 1.165) is 12.8 Å². The summed E-state index contributed by atoms with van der Waals surface area (Å²) in [5.41, 5.74) is 7.11. The number of phenols is 1. The lowest BCUT2D eigenvalue weighted by Crippen LogP contribution is -1.95. The molecular weight excluding hydrogens is 412 g/mol. The van der Waals surface area contributed by atoms with E-state index >= 15 is 0 Å². The molecular formula is C28H46N2O3. The molecule has 0 fully saturated rings. The van der Waals surface area contributed by atoms with Crippen LogP contribution in [0.4, 0.5) is 5.69 Å². The summed E-state index contributed by atoms with van der Waals surface area (Å²) in [5.74, 6) is -0.183. The van der Waals surface area contributed by atoms with Gasteiger partial charge in [-0.1, -0.05) is 103 Å². The van der Waals surface area contributed by atoms with Crippen LogP contribution in [-0.4, -0.2) is 19.9 Å². The smallest absolute Gasteiger partial charge is 0.202 e. The number of anilines is 1. The Morgan fingerprint density at radius 1 is 0.667 bits per heavy atom. The van der Waals surface area contributed by atoms with Gasteiger partial charge in [0.15, 0.2) is 5.88 Å². The monoisotopic (exact) mass is 458 g/mol. The maximum Gasteiger partial charge on any atom is 0.202 e. The van der Waals surface area contributed by atoms with Gasteiger partial charge in [-0.3, -0.25) is 0 Å². The zero-order valence-electron chi connectivity index (χ0n) is 20.7. The van der Waals surface area contributed by atoms with Crippen LogP contribution < -0.4 is 5.73 Å². The second-order valence-corrected chi connectivity index (χ2v) is 9.49. The Morgan fingerprint density at radius 3 is 1.64 bits per heavy atom. The summed E-state index contributed by atoms with van der Waals surface area (Å²) < 4.78 is 1.26. The molecule has 0 bridgehead atoms. The summed E-state index contributed by atoms with van der Waals surface area (Å²) in [5, 5.41) is 30.9. The fraction of sp³-hybridized carbons (Fsp3) is 0.643. The van der Waals surface area contributed by atoms with Crippen LogP contribution in [0.25, 0.3) is 5.69 Å². The number of nitrogen functional groups attached to an aromatic ring is 1. The van der Waals surface area contributed by atoms with E-state index in [9.17, 15) is 15.3 Å². The van der Waals surface area contributed by atoms with E-state index < -0.39 is 0 Å². The van der Waals surface area contributed by atoms with E-state index in [1.165, 1.54) is 101 Å². The van der Waals surface area contributed by atoms with Crippen molar-refractivity contribution in [2.75, 3.05) is 5.73 Å². The number of benzene rings is 1. The molecule has 0 aliphatic heterocycles. The Balaban J connectivity index is 1.52. The van der Waals surface area contributed by atoms with Gasteiger partial charge in [-0.2, -0.15) is 0 Å². The third kappa shape index (κ3) is 9.61. The predicted molar refractivity (Wildman–Crippen MR) is 138 cm³/mol. The highest BCUT2D eigenvalue weighted by molar-refractivity contribution is 5.58. The average Bonchev–Trinajstić information content (AvgIpc) is 3.06. The summed E-state index contributed by atoms with van der Waals surface area (Å²) in [7, 11) is 0. The lowest BCUT2D eigenvalue weighted by Gasteiger charge is -2.10. The molecule has 0 atom stereocenters. The highest BCUT2D eigenvalue weighted by Crippen LogP contribution is 2.36. The Morgan fingerprint density at radius 2 is 1.15 bits per heavy atom. The molecule has 2 aromatic rings. The topological polar surface area (TPSA) is 91.6 Å². The maximum atomic E-state index is 10.5. The van der Waals surface area contributed by atoms with E-state index in [1.54, 1.807) is 18.2 Å². The fourth-order valence-corrected chi connectivity index (χ4v) is 4.55. The van der Waals surface area contributed by atoms with Crippen molar-refractivity contribution in [3.63, 3.8) is 0 Å². The van der Waals surface area contributed by atoms with Crippen LogP contribution in [0.3, 0.4) is 0 Å². The van der Waals surface area contributed by atoms with Crippen molar-refractivity contribution in [2.45, 2.75) is 116 Å². The molecule has 0 spiro atoms. The first kappa shape index (κ1) is 26.9. The minimum atomic E-state index is -0.0842. The van der Waals surface area contributed by atoms with Crippen molar-refractivity contribution in [1.29, 1.82) is 0 Å². The van der Waals surface area contributed by atoms with Crippen molar-refractivity contribution in [1.82, 2.24) is 4.57 Å².